The van der Waals surface area contributed by atoms with Gasteiger partial charge in [0.1, 0.15) is 5.76 Å². The van der Waals surface area contributed by atoms with Crippen molar-refractivity contribution in [3.63, 3.8) is 0 Å². The average molecular weight is 156 g/mol. The second-order valence-corrected chi connectivity index (χ2v) is 2.45. The fraction of sp³-hybridized carbons (Fsp3) is 0.571. The maximum absolute atomic E-state index is 8.87. The average Bonchev–Trinajstić information content (AvgIpc) is 2.39. The summed E-state index contributed by atoms with van der Waals surface area (Å²) in [6.07, 6.45) is 2.71. The van der Waals surface area contributed by atoms with Crippen LogP contribution in [0.1, 0.15) is 12.7 Å². The maximum atomic E-state index is 8.87. The molecule has 0 saturated carbocycles. The lowest BCUT2D eigenvalue weighted by Crippen LogP contribution is -2.23. The molecule has 1 aromatic rings. The lowest BCUT2D eigenvalue weighted by molar-refractivity contribution is 0.190. The summed E-state index contributed by atoms with van der Waals surface area (Å²) in [6, 6.07) is 0. The zero-order valence-electron chi connectivity index (χ0n) is 6.45. The summed E-state index contributed by atoms with van der Waals surface area (Å²) < 4.78 is 4.96. The molecule has 0 saturated heterocycles. The van der Waals surface area contributed by atoms with E-state index in [1.807, 2.05) is 0 Å². The van der Waals surface area contributed by atoms with Gasteiger partial charge in [0.05, 0.1) is 18.8 Å². The predicted octanol–water partition coefficient (Wildman–Crippen LogP) is 0.145. The molecule has 0 aliphatic carbocycles. The molecule has 0 spiro atoms. The van der Waals surface area contributed by atoms with Gasteiger partial charge in [-0.3, -0.25) is 0 Å². The fourth-order valence-electron chi connectivity index (χ4n) is 0.734. The van der Waals surface area contributed by atoms with Gasteiger partial charge in [-0.2, -0.15) is 0 Å². The first kappa shape index (κ1) is 8.23. The Balaban J connectivity index is 2.14. The number of oxazole rings is 1. The SMILES string of the molecule is C[C@H](O)CNCc1cnco1. The van der Waals surface area contributed by atoms with Crippen LogP contribution in [0.3, 0.4) is 0 Å². The smallest absolute Gasteiger partial charge is 0.180 e. The minimum atomic E-state index is -0.321. The van der Waals surface area contributed by atoms with Crippen molar-refractivity contribution in [1.82, 2.24) is 10.3 Å². The first-order valence-electron chi connectivity index (χ1n) is 3.55. The first-order chi connectivity index (χ1) is 5.29. The zero-order valence-corrected chi connectivity index (χ0v) is 6.45. The van der Waals surface area contributed by atoms with Crippen LogP contribution in [0.4, 0.5) is 0 Å². The first-order valence-corrected chi connectivity index (χ1v) is 3.55. The van der Waals surface area contributed by atoms with E-state index >= 15 is 0 Å². The lowest BCUT2D eigenvalue weighted by Gasteiger charge is -2.03. The van der Waals surface area contributed by atoms with Gasteiger partial charge in [-0.25, -0.2) is 4.98 Å². The number of rotatable bonds is 4. The molecule has 0 bridgehead atoms. The number of hydrogen-bond donors (Lipinski definition) is 2. The Bertz CT molecular complexity index is 184. The van der Waals surface area contributed by atoms with Crippen LogP contribution in [0.5, 0.6) is 0 Å². The van der Waals surface area contributed by atoms with Crippen molar-refractivity contribution in [3.8, 4) is 0 Å². The Morgan fingerprint density at radius 1 is 1.82 bits per heavy atom. The molecule has 1 rings (SSSR count). The summed E-state index contributed by atoms with van der Waals surface area (Å²) >= 11 is 0. The van der Waals surface area contributed by atoms with E-state index in [1.54, 1.807) is 13.1 Å². The van der Waals surface area contributed by atoms with Gasteiger partial charge in [-0.1, -0.05) is 0 Å². The summed E-state index contributed by atoms with van der Waals surface area (Å²) in [5.41, 5.74) is 0. The van der Waals surface area contributed by atoms with Gasteiger partial charge in [0.15, 0.2) is 6.39 Å². The normalized spacial score (nSPS) is 13.3. The minimum Gasteiger partial charge on any atom is -0.447 e. The molecule has 1 heterocycles. The molecule has 1 atom stereocenters. The highest BCUT2D eigenvalue weighted by atomic mass is 16.3. The molecular weight excluding hydrogens is 144 g/mol. The summed E-state index contributed by atoms with van der Waals surface area (Å²) in [5.74, 6) is 0.783. The molecule has 11 heavy (non-hydrogen) atoms. The van der Waals surface area contributed by atoms with Crippen LogP contribution in [0, 0.1) is 0 Å². The zero-order chi connectivity index (χ0) is 8.10. The largest absolute Gasteiger partial charge is 0.447 e. The highest BCUT2D eigenvalue weighted by Gasteiger charge is 1.97. The van der Waals surface area contributed by atoms with Gasteiger partial charge in [0, 0.05) is 6.54 Å². The van der Waals surface area contributed by atoms with Crippen LogP contribution in [0.15, 0.2) is 17.0 Å². The van der Waals surface area contributed by atoms with Crippen molar-refractivity contribution >= 4 is 0 Å². The second-order valence-electron chi connectivity index (χ2n) is 2.45. The minimum absolute atomic E-state index is 0.321. The summed E-state index contributed by atoms with van der Waals surface area (Å²) in [6.45, 7) is 2.92. The highest BCUT2D eigenvalue weighted by molar-refractivity contribution is 4.86. The fourth-order valence-corrected chi connectivity index (χ4v) is 0.734. The monoisotopic (exact) mass is 156 g/mol. The molecule has 62 valence electrons. The third-order valence-corrected chi connectivity index (χ3v) is 1.22. The third kappa shape index (κ3) is 3.15. The van der Waals surface area contributed by atoms with Gasteiger partial charge in [-0.05, 0) is 6.92 Å². The Hall–Kier alpha value is -0.870. The van der Waals surface area contributed by atoms with Crippen molar-refractivity contribution < 1.29 is 9.52 Å². The van der Waals surface area contributed by atoms with E-state index in [0.29, 0.717) is 13.1 Å². The standard InChI is InChI=1S/C7H12N2O2/c1-6(10)2-8-3-7-4-9-5-11-7/h4-6,8,10H,2-3H2,1H3/t6-/m0/s1. The quantitative estimate of drug-likeness (QED) is 0.651. The van der Waals surface area contributed by atoms with Crippen LogP contribution in [0.2, 0.25) is 0 Å². The van der Waals surface area contributed by atoms with E-state index in [9.17, 15) is 0 Å². The van der Waals surface area contributed by atoms with Crippen LogP contribution >= 0.6 is 0 Å². The van der Waals surface area contributed by atoms with E-state index in [0.717, 1.165) is 5.76 Å². The molecule has 0 aliphatic heterocycles. The van der Waals surface area contributed by atoms with Crippen LogP contribution in [-0.2, 0) is 6.54 Å². The van der Waals surface area contributed by atoms with E-state index in [-0.39, 0.29) is 6.10 Å². The number of aliphatic hydroxyl groups excluding tert-OH is 1. The van der Waals surface area contributed by atoms with Gasteiger partial charge in [0.25, 0.3) is 0 Å². The molecular formula is C7H12N2O2. The van der Waals surface area contributed by atoms with E-state index in [2.05, 4.69) is 10.3 Å². The highest BCUT2D eigenvalue weighted by Crippen LogP contribution is 1.94. The van der Waals surface area contributed by atoms with Gasteiger partial charge in [-0.15, -0.1) is 0 Å². The maximum Gasteiger partial charge on any atom is 0.180 e. The summed E-state index contributed by atoms with van der Waals surface area (Å²) in [7, 11) is 0. The third-order valence-electron chi connectivity index (χ3n) is 1.22. The Labute approximate surface area is 65.2 Å². The molecule has 0 unspecified atom stereocenters. The molecule has 0 fully saturated rings. The molecule has 0 amide bonds. The summed E-state index contributed by atoms with van der Waals surface area (Å²) in [5, 5.41) is 11.9. The van der Waals surface area contributed by atoms with Crippen molar-refractivity contribution in [2.24, 2.45) is 0 Å². The Kier molecular flexibility index (Phi) is 3.07. The van der Waals surface area contributed by atoms with Gasteiger partial charge < -0.3 is 14.8 Å². The van der Waals surface area contributed by atoms with Gasteiger partial charge >= 0.3 is 0 Å². The second kappa shape index (κ2) is 4.10. The van der Waals surface area contributed by atoms with Crippen molar-refractivity contribution in [2.75, 3.05) is 6.54 Å². The Morgan fingerprint density at radius 3 is 3.18 bits per heavy atom. The van der Waals surface area contributed by atoms with E-state index in [4.69, 9.17) is 9.52 Å². The Morgan fingerprint density at radius 2 is 2.64 bits per heavy atom. The number of hydrogen-bond acceptors (Lipinski definition) is 4. The number of aliphatic hydroxyl groups is 1. The van der Waals surface area contributed by atoms with Crippen molar-refractivity contribution in [1.29, 1.82) is 0 Å². The summed E-state index contributed by atoms with van der Waals surface area (Å²) in [4.78, 5) is 3.75. The lowest BCUT2D eigenvalue weighted by atomic mass is 10.4. The number of nitrogens with zero attached hydrogens (tertiary/aromatic N) is 1. The van der Waals surface area contributed by atoms with Crippen LogP contribution in [0.25, 0.3) is 0 Å². The number of aromatic nitrogens is 1. The molecule has 0 radical (unpaired) electrons. The van der Waals surface area contributed by atoms with E-state index < -0.39 is 0 Å². The molecule has 2 N–H and O–H groups in total. The molecule has 4 nitrogen and oxygen atoms in total. The molecule has 0 aliphatic rings. The predicted molar refractivity (Wildman–Crippen MR) is 39.9 cm³/mol. The molecule has 1 aromatic heterocycles. The van der Waals surface area contributed by atoms with Crippen LogP contribution < -0.4 is 5.32 Å². The van der Waals surface area contributed by atoms with E-state index in [1.165, 1.54) is 6.39 Å². The molecule has 0 aromatic carbocycles. The van der Waals surface area contributed by atoms with Crippen molar-refractivity contribution in [2.45, 2.75) is 19.6 Å². The number of nitrogens with one attached hydrogen (secondary N) is 1. The van der Waals surface area contributed by atoms with Gasteiger partial charge in [0.2, 0.25) is 0 Å². The topological polar surface area (TPSA) is 58.3 Å². The molecule has 4 heteroatoms. The van der Waals surface area contributed by atoms with Crippen molar-refractivity contribution in [3.05, 3.63) is 18.4 Å². The van der Waals surface area contributed by atoms with Crippen LogP contribution in [-0.4, -0.2) is 22.7 Å².